The lowest BCUT2D eigenvalue weighted by atomic mass is 10.1. The maximum absolute atomic E-state index is 13.0. The Morgan fingerprint density at radius 3 is 2.27 bits per heavy atom. The molecule has 0 heterocycles. The number of thioether (sulfide) groups is 1. The van der Waals surface area contributed by atoms with Crippen LogP contribution in [0.1, 0.15) is 44.7 Å². The normalized spacial score (nSPS) is 11.9. The van der Waals surface area contributed by atoms with Gasteiger partial charge in [0.1, 0.15) is 6.04 Å². The van der Waals surface area contributed by atoms with E-state index >= 15 is 0 Å². The fourth-order valence-corrected chi connectivity index (χ4v) is 3.94. The van der Waals surface area contributed by atoms with E-state index < -0.39 is 6.04 Å². The Morgan fingerprint density at radius 1 is 1.03 bits per heavy atom. The Labute approximate surface area is 189 Å². The second-order valence-corrected chi connectivity index (χ2v) is 9.36. The zero-order valence-electron chi connectivity index (χ0n) is 18.2. The van der Waals surface area contributed by atoms with Crippen LogP contribution in [0.25, 0.3) is 0 Å². The van der Waals surface area contributed by atoms with Crippen molar-refractivity contribution in [2.45, 2.75) is 64.1 Å². The topological polar surface area (TPSA) is 49.4 Å². The summed E-state index contributed by atoms with van der Waals surface area (Å²) < 4.78 is 0. The van der Waals surface area contributed by atoms with Gasteiger partial charge in [-0.15, -0.1) is 11.8 Å². The van der Waals surface area contributed by atoms with Gasteiger partial charge in [0.2, 0.25) is 11.8 Å². The van der Waals surface area contributed by atoms with E-state index in [0.29, 0.717) is 13.0 Å². The smallest absolute Gasteiger partial charge is 0.242 e. The number of hydrogen-bond donors (Lipinski definition) is 1. The van der Waals surface area contributed by atoms with Crippen molar-refractivity contribution in [3.8, 4) is 0 Å². The molecule has 0 fully saturated rings. The molecule has 0 spiro atoms. The average Bonchev–Trinajstić information content (AvgIpc) is 2.71. The first kappa shape index (κ1) is 24.3. The quantitative estimate of drug-likeness (QED) is 0.389. The number of halogens is 1. The highest BCUT2D eigenvalue weighted by atomic mass is 35.5. The lowest BCUT2D eigenvalue weighted by Crippen LogP contribution is -2.49. The van der Waals surface area contributed by atoms with Gasteiger partial charge in [-0.2, -0.15) is 0 Å². The largest absolute Gasteiger partial charge is 0.352 e. The fourth-order valence-electron chi connectivity index (χ4n) is 2.97. The fraction of sp³-hybridized carbons (Fsp3) is 0.417. The predicted molar refractivity (Wildman–Crippen MR) is 126 cm³/mol. The first-order chi connectivity index (χ1) is 14.3. The van der Waals surface area contributed by atoms with E-state index in [2.05, 4.69) is 5.32 Å². The van der Waals surface area contributed by atoms with Gasteiger partial charge in [0.15, 0.2) is 0 Å². The first-order valence-corrected chi connectivity index (χ1v) is 11.7. The van der Waals surface area contributed by atoms with Crippen molar-refractivity contribution in [1.29, 1.82) is 0 Å². The van der Waals surface area contributed by atoms with Crippen molar-refractivity contribution in [3.05, 3.63) is 64.7 Å². The van der Waals surface area contributed by atoms with Crippen LogP contribution in [0.3, 0.4) is 0 Å². The zero-order chi connectivity index (χ0) is 22.1. The minimum atomic E-state index is -0.523. The highest BCUT2D eigenvalue weighted by Gasteiger charge is 2.26. The van der Waals surface area contributed by atoms with E-state index in [9.17, 15) is 9.59 Å². The highest BCUT2D eigenvalue weighted by molar-refractivity contribution is 7.99. The van der Waals surface area contributed by atoms with Crippen molar-refractivity contribution < 1.29 is 9.59 Å². The molecule has 0 aliphatic heterocycles. The van der Waals surface area contributed by atoms with Crippen LogP contribution in [0.15, 0.2) is 53.4 Å². The second-order valence-electron chi connectivity index (χ2n) is 7.75. The molecular weight excluding hydrogens is 416 g/mol. The van der Waals surface area contributed by atoms with Gasteiger partial charge >= 0.3 is 0 Å². The SMILES string of the molecule is Cc1ccc(CN(C(=O)CCCSc2ccc(Cl)cc2)[C@@H](C)C(=O)NC(C)C)cc1. The number of carbonyl (C=O) groups is 2. The minimum Gasteiger partial charge on any atom is -0.352 e. The first-order valence-electron chi connectivity index (χ1n) is 10.3. The molecule has 6 heteroatoms. The molecule has 0 aliphatic rings. The van der Waals surface area contributed by atoms with E-state index in [1.807, 2.05) is 69.3 Å². The van der Waals surface area contributed by atoms with Crippen LogP contribution in [0, 0.1) is 6.92 Å². The summed E-state index contributed by atoms with van der Waals surface area (Å²) in [5.41, 5.74) is 2.19. The van der Waals surface area contributed by atoms with Crippen LogP contribution in [0.5, 0.6) is 0 Å². The molecule has 0 bridgehead atoms. The molecular formula is C24H31ClN2O2S. The summed E-state index contributed by atoms with van der Waals surface area (Å²) >= 11 is 7.62. The van der Waals surface area contributed by atoms with Crippen LogP contribution in [-0.4, -0.2) is 34.6 Å². The molecule has 4 nitrogen and oxygen atoms in total. The molecule has 1 N–H and O–H groups in total. The van der Waals surface area contributed by atoms with Gasteiger partial charge in [-0.25, -0.2) is 0 Å². The number of hydrogen-bond acceptors (Lipinski definition) is 3. The molecule has 0 saturated heterocycles. The highest BCUT2D eigenvalue weighted by Crippen LogP contribution is 2.22. The van der Waals surface area contributed by atoms with Crippen molar-refractivity contribution in [1.82, 2.24) is 10.2 Å². The van der Waals surface area contributed by atoms with Crippen LogP contribution in [-0.2, 0) is 16.1 Å². The lowest BCUT2D eigenvalue weighted by molar-refractivity contribution is -0.140. The van der Waals surface area contributed by atoms with Gasteiger partial charge in [0.05, 0.1) is 0 Å². The van der Waals surface area contributed by atoms with Crippen LogP contribution >= 0.6 is 23.4 Å². The van der Waals surface area contributed by atoms with E-state index in [4.69, 9.17) is 11.6 Å². The summed E-state index contributed by atoms with van der Waals surface area (Å²) in [7, 11) is 0. The van der Waals surface area contributed by atoms with E-state index in [1.165, 1.54) is 5.56 Å². The van der Waals surface area contributed by atoms with Gasteiger partial charge in [-0.05, 0) is 69.7 Å². The number of carbonyl (C=O) groups excluding carboxylic acids is 2. The molecule has 1 atom stereocenters. The van der Waals surface area contributed by atoms with Gasteiger partial charge in [0, 0.05) is 28.9 Å². The minimum absolute atomic E-state index is 0.00122. The molecule has 0 unspecified atom stereocenters. The molecule has 2 rings (SSSR count). The summed E-state index contributed by atoms with van der Waals surface area (Å²) in [5.74, 6) is 0.706. The van der Waals surface area contributed by atoms with E-state index in [-0.39, 0.29) is 17.9 Å². The lowest BCUT2D eigenvalue weighted by Gasteiger charge is -2.29. The molecule has 2 amide bonds. The Morgan fingerprint density at radius 2 is 1.67 bits per heavy atom. The summed E-state index contributed by atoms with van der Waals surface area (Å²) in [6, 6.07) is 15.3. The number of benzene rings is 2. The summed E-state index contributed by atoms with van der Waals surface area (Å²) in [5, 5.41) is 3.64. The van der Waals surface area contributed by atoms with Crippen LogP contribution < -0.4 is 5.32 Å². The number of amides is 2. The van der Waals surface area contributed by atoms with Crippen molar-refractivity contribution in [2.24, 2.45) is 0 Å². The average molecular weight is 447 g/mol. The Kier molecular flexibility index (Phi) is 9.73. The van der Waals surface area contributed by atoms with Crippen LogP contribution in [0.2, 0.25) is 5.02 Å². The van der Waals surface area contributed by atoms with Gasteiger partial charge in [-0.3, -0.25) is 9.59 Å². The molecule has 0 radical (unpaired) electrons. The maximum atomic E-state index is 13.0. The Bertz CT molecular complexity index is 822. The van der Waals surface area contributed by atoms with Crippen molar-refractivity contribution in [3.63, 3.8) is 0 Å². The summed E-state index contributed by atoms with van der Waals surface area (Å²) in [4.78, 5) is 28.4. The van der Waals surface area contributed by atoms with Gasteiger partial charge < -0.3 is 10.2 Å². The predicted octanol–water partition coefficient (Wildman–Crippen LogP) is 5.46. The Hall–Kier alpha value is -1.98. The molecule has 0 saturated carbocycles. The standard InChI is InChI=1S/C24H31ClN2O2S/c1-17(2)26-24(29)19(4)27(16-20-9-7-18(3)8-10-20)23(28)6-5-15-30-22-13-11-21(25)12-14-22/h7-14,17,19H,5-6,15-16H2,1-4H3,(H,26,29)/t19-/m0/s1. The summed E-state index contributed by atoms with van der Waals surface area (Å²) in [6.45, 7) is 8.10. The van der Waals surface area contributed by atoms with E-state index in [0.717, 1.165) is 27.7 Å². The molecule has 162 valence electrons. The van der Waals surface area contributed by atoms with Gasteiger partial charge in [-0.1, -0.05) is 41.4 Å². The number of rotatable bonds is 10. The third-order valence-corrected chi connectivity index (χ3v) is 6.04. The third-order valence-electron chi connectivity index (χ3n) is 4.69. The third kappa shape index (κ3) is 8.04. The van der Waals surface area contributed by atoms with Gasteiger partial charge in [0.25, 0.3) is 0 Å². The monoisotopic (exact) mass is 446 g/mol. The molecule has 2 aromatic carbocycles. The number of nitrogens with one attached hydrogen (secondary N) is 1. The maximum Gasteiger partial charge on any atom is 0.242 e. The van der Waals surface area contributed by atoms with E-state index in [1.54, 1.807) is 23.6 Å². The number of aryl methyl sites for hydroxylation is 1. The zero-order valence-corrected chi connectivity index (χ0v) is 19.7. The molecule has 0 aromatic heterocycles. The molecule has 2 aromatic rings. The summed E-state index contributed by atoms with van der Waals surface area (Å²) in [6.07, 6.45) is 1.15. The van der Waals surface area contributed by atoms with Crippen molar-refractivity contribution in [2.75, 3.05) is 5.75 Å². The Balaban J connectivity index is 1.98. The molecule has 30 heavy (non-hydrogen) atoms. The second kappa shape index (κ2) is 12.0. The number of nitrogens with zero attached hydrogens (tertiary/aromatic N) is 1. The van der Waals surface area contributed by atoms with Crippen molar-refractivity contribution >= 4 is 35.2 Å². The molecule has 0 aliphatic carbocycles. The van der Waals surface area contributed by atoms with Crippen LogP contribution in [0.4, 0.5) is 0 Å².